The first-order valence-corrected chi connectivity index (χ1v) is 9.38. The Bertz CT molecular complexity index is 645. The first-order chi connectivity index (χ1) is 10.1. The van der Waals surface area contributed by atoms with E-state index in [0.717, 1.165) is 17.7 Å². The Morgan fingerprint density at radius 1 is 1.14 bits per heavy atom. The van der Waals surface area contributed by atoms with Gasteiger partial charge in [0.1, 0.15) is 5.82 Å². The minimum Gasteiger partial charge on any atom is -0.207 e. The highest BCUT2D eigenvalue weighted by atomic mass is 79.9. The van der Waals surface area contributed by atoms with Gasteiger partial charge in [0, 0.05) is 19.8 Å². The number of hydrogen-bond acceptors (Lipinski definition) is 1. The molecule has 1 aliphatic rings. The molecule has 1 atom stereocenters. The van der Waals surface area contributed by atoms with Crippen molar-refractivity contribution in [2.75, 3.05) is 0 Å². The molecule has 0 bridgehead atoms. The van der Waals surface area contributed by atoms with Gasteiger partial charge in [-0.2, -0.15) is 0 Å². The summed E-state index contributed by atoms with van der Waals surface area (Å²) in [7, 11) is 0. The van der Waals surface area contributed by atoms with E-state index in [9.17, 15) is 4.39 Å². The van der Waals surface area contributed by atoms with Gasteiger partial charge in [0.2, 0.25) is 0 Å². The van der Waals surface area contributed by atoms with Crippen LogP contribution in [-0.4, -0.2) is 0 Å². The Hall–Kier alpha value is -0.0900. The largest absolute Gasteiger partial charge is 0.207 e. The van der Waals surface area contributed by atoms with Gasteiger partial charge in [0.15, 0.2) is 0 Å². The molecule has 1 heterocycles. The van der Waals surface area contributed by atoms with Crippen molar-refractivity contribution in [3.8, 4) is 0 Å². The Balaban J connectivity index is 1.95. The summed E-state index contributed by atoms with van der Waals surface area (Å²) in [6.45, 7) is 0. The molecule has 1 aliphatic carbocycles. The van der Waals surface area contributed by atoms with Crippen LogP contribution >= 0.6 is 50.5 Å². The zero-order chi connectivity index (χ0) is 15.0. The number of fused-ring (bicyclic) bond motifs is 1. The van der Waals surface area contributed by atoms with Crippen LogP contribution in [0.4, 0.5) is 4.39 Å². The fourth-order valence-corrected chi connectivity index (χ4v) is 4.81. The topological polar surface area (TPSA) is 0 Å². The number of halogens is 4. The van der Waals surface area contributed by atoms with Gasteiger partial charge in [-0.15, -0.1) is 22.9 Å². The van der Waals surface area contributed by atoms with E-state index >= 15 is 0 Å². The smallest absolute Gasteiger partial charge is 0.129 e. The summed E-state index contributed by atoms with van der Waals surface area (Å²) in [5, 5.41) is 0.00250. The van der Waals surface area contributed by atoms with E-state index < -0.39 is 5.38 Å². The van der Waals surface area contributed by atoms with Crippen LogP contribution in [0.5, 0.6) is 0 Å². The second-order valence-corrected chi connectivity index (χ2v) is 8.17. The van der Waals surface area contributed by atoms with Crippen molar-refractivity contribution in [3.05, 3.63) is 54.4 Å². The Morgan fingerprint density at radius 2 is 1.90 bits per heavy atom. The van der Waals surface area contributed by atoms with Crippen molar-refractivity contribution in [2.24, 2.45) is 0 Å². The summed E-state index contributed by atoms with van der Waals surface area (Å²) in [5.41, 5.74) is 1.84. The maximum absolute atomic E-state index is 14.1. The van der Waals surface area contributed by atoms with Gasteiger partial charge in [-0.1, -0.05) is 18.0 Å². The highest BCUT2D eigenvalue weighted by molar-refractivity contribution is 9.10. The van der Waals surface area contributed by atoms with Crippen molar-refractivity contribution in [1.82, 2.24) is 0 Å². The van der Waals surface area contributed by atoms with E-state index in [4.69, 9.17) is 23.2 Å². The monoisotopic (exact) mass is 406 g/mol. The second-order valence-electron chi connectivity index (χ2n) is 5.31. The molecule has 0 saturated carbocycles. The van der Waals surface area contributed by atoms with Crippen LogP contribution in [0.1, 0.15) is 45.5 Å². The van der Waals surface area contributed by atoms with Gasteiger partial charge in [-0.25, -0.2) is 4.39 Å². The molecule has 0 aliphatic heterocycles. The predicted octanol–water partition coefficient (Wildman–Crippen LogP) is 6.90. The zero-order valence-electron chi connectivity index (χ0n) is 11.3. The fourth-order valence-electron chi connectivity index (χ4n) is 2.70. The number of hydrogen-bond donors (Lipinski definition) is 0. The summed E-state index contributed by atoms with van der Waals surface area (Å²) in [6, 6.07) is 5.15. The van der Waals surface area contributed by atoms with Crippen LogP contribution in [-0.2, 0) is 12.8 Å². The molecule has 0 nitrogen and oxygen atoms in total. The maximum Gasteiger partial charge on any atom is 0.129 e. The summed E-state index contributed by atoms with van der Waals surface area (Å²) in [4.78, 5) is 2.43. The third kappa shape index (κ3) is 3.31. The number of aryl methyl sites for hydroxylation is 2. The van der Waals surface area contributed by atoms with Gasteiger partial charge >= 0.3 is 0 Å². The van der Waals surface area contributed by atoms with Gasteiger partial charge < -0.3 is 0 Å². The van der Waals surface area contributed by atoms with Crippen LogP contribution < -0.4 is 0 Å². The molecule has 112 valence electrons. The molecule has 5 heteroatoms. The van der Waals surface area contributed by atoms with Crippen LogP contribution in [0.3, 0.4) is 0 Å². The molecule has 0 fully saturated rings. The van der Waals surface area contributed by atoms with Crippen molar-refractivity contribution in [3.63, 3.8) is 0 Å². The summed E-state index contributed by atoms with van der Waals surface area (Å²) >= 11 is 17.5. The Kier molecular flexibility index (Phi) is 4.94. The van der Waals surface area contributed by atoms with Crippen molar-refractivity contribution in [2.45, 2.75) is 37.5 Å². The van der Waals surface area contributed by atoms with Gasteiger partial charge in [-0.3, -0.25) is 0 Å². The van der Waals surface area contributed by atoms with Crippen molar-refractivity contribution < 1.29 is 4.39 Å². The summed E-state index contributed by atoms with van der Waals surface area (Å²) < 4.78 is 14.7. The molecule has 0 spiro atoms. The van der Waals surface area contributed by atoms with Crippen LogP contribution in [0, 0.1) is 5.82 Å². The molecule has 0 N–H and O–H groups in total. The minimum atomic E-state index is -0.479. The molecule has 2 aromatic rings. The number of rotatable bonds is 2. The lowest BCUT2D eigenvalue weighted by molar-refractivity contribution is 0.612. The molecule has 1 aromatic carbocycles. The molecule has 0 radical (unpaired) electrons. The summed E-state index contributed by atoms with van der Waals surface area (Å²) in [6.07, 6.45) is 5.98. The average Bonchev–Trinajstić information content (AvgIpc) is 2.73. The van der Waals surface area contributed by atoms with Crippen LogP contribution in [0.2, 0.25) is 5.02 Å². The lowest BCUT2D eigenvalue weighted by atomic mass is 10.1. The molecular weight excluding hydrogens is 394 g/mol. The Morgan fingerprint density at radius 3 is 2.71 bits per heavy atom. The van der Waals surface area contributed by atoms with E-state index in [1.54, 1.807) is 17.4 Å². The highest BCUT2D eigenvalue weighted by Gasteiger charge is 2.21. The van der Waals surface area contributed by atoms with Gasteiger partial charge in [0.25, 0.3) is 0 Å². The van der Waals surface area contributed by atoms with Crippen molar-refractivity contribution >= 4 is 50.5 Å². The molecule has 0 saturated heterocycles. The molecule has 1 unspecified atom stereocenters. The zero-order valence-corrected chi connectivity index (χ0v) is 15.2. The first kappa shape index (κ1) is 15.8. The van der Waals surface area contributed by atoms with Crippen LogP contribution in [0.15, 0.2) is 22.7 Å². The Labute approximate surface area is 146 Å². The predicted molar refractivity (Wildman–Crippen MR) is 92.4 cm³/mol. The third-order valence-electron chi connectivity index (χ3n) is 3.83. The third-order valence-corrected chi connectivity index (χ3v) is 6.93. The van der Waals surface area contributed by atoms with E-state index in [-0.39, 0.29) is 5.82 Å². The molecule has 3 rings (SSSR count). The minimum absolute atomic E-state index is 0.324. The van der Waals surface area contributed by atoms with Crippen molar-refractivity contribution in [1.29, 1.82) is 0 Å². The van der Waals surface area contributed by atoms with E-state index in [0.29, 0.717) is 15.1 Å². The van der Waals surface area contributed by atoms with E-state index in [1.165, 1.54) is 35.8 Å². The first-order valence-electron chi connectivity index (χ1n) is 6.96. The summed E-state index contributed by atoms with van der Waals surface area (Å²) in [5.74, 6) is -0.324. The molecule has 0 amide bonds. The highest BCUT2D eigenvalue weighted by Crippen LogP contribution is 2.40. The van der Waals surface area contributed by atoms with Crippen LogP contribution in [0.25, 0.3) is 0 Å². The van der Waals surface area contributed by atoms with Gasteiger partial charge in [0.05, 0.1) is 10.4 Å². The SMILES string of the molecule is Fc1cc(Br)c(Cl)cc1C(Cl)c1cc2c(s1)CCCCC2. The lowest BCUT2D eigenvalue weighted by Crippen LogP contribution is -1.95. The number of thiophene rings is 1. The fraction of sp³-hybridized carbons (Fsp3) is 0.375. The molecule has 21 heavy (non-hydrogen) atoms. The molecule has 1 aromatic heterocycles. The quantitative estimate of drug-likeness (QED) is 0.288. The lowest BCUT2D eigenvalue weighted by Gasteiger charge is -2.10. The van der Waals surface area contributed by atoms with Gasteiger partial charge in [-0.05, 0) is 65.4 Å². The van der Waals surface area contributed by atoms with E-state index in [2.05, 4.69) is 22.0 Å². The standard InChI is InChI=1S/C16H14BrCl2FS/c17-11-8-13(20)10(7-12(11)18)16(19)15-6-9-4-2-1-3-5-14(9)21-15/h6-8,16H,1-5H2. The van der Waals surface area contributed by atoms with E-state index in [1.807, 2.05) is 0 Å². The number of benzene rings is 1. The maximum atomic E-state index is 14.1. The molecular formula is C16H14BrCl2FS. The number of alkyl halides is 1. The normalized spacial score (nSPS) is 16.4. The average molecular weight is 408 g/mol. The second kappa shape index (κ2) is 6.57.